The van der Waals surface area contributed by atoms with Crippen molar-refractivity contribution in [3.05, 3.63) is 46.7 Å². The van der Waals surface area contributed by atoms with E-state index < -0.39 is 42.0 Å². The maximum absolute atomic E-state index is 12.1. The summed E-state index contributed by atoms with van der Waals surface area (Å²) in [7, 11) is 0. The fourth-order valence-electron chi connectivity index (χ4n) is 2.05. The molecule has 0 aliphatic carbocycles. The predicted octanol–water partition coefficient (Wildman–Crippen LogP) is 3.34. The minimum atomic E-state index is -4.82. The van der Waals surface area contributed by atoms with E-state index in [0.717, 1.165) is 12.1 Å². The van der Waals surface area contributed by atoms with E-state index in [1.54, 1.807) is 17.5 Å². The van der Waals surface area contributed by atoms with Crippen molar-refractivity contribution in [2.75, 3.05) is 5.32 Å². The molecule has 0 saturated heterocycles. The molecule has 11 heteroatoms. The normalized spacial score (nSPS) is 13.1. The number of alkyl halides is 3. The molecule has 2 atom stereocenters. The molecular weight excluding hydrogens is 413 g/mol. The molecule has 2 unspecified atom stereocenters. The van der Waals surface area contributed by atoms with Gasteiger partial charge in [0.2, 0.25) is 0 Å². The molecule has 0 fully saturated rings. The van der Waals surface area contributed by atoms with Crippen molar-refractivity contribution < 1.29 is 37.0 Å². The van der Waals surface area contributed by atoms with E-state index >= 15 is 0 Å². The van der Waals surface area contributed by atoms with Gasteiger partial charge in [-0.3, -0.25) is 9.59 Å². The molecular formula is C18H17F3N2O5S. The smallest absolute Gasteiger partial charge is 0.451 e. The Labute approximate surface area is 167 Å². The van der Waals surface area contributed by atoms with E-state index in [9.17, 15) is 27.6 Å². The van der Waals surface area contributed by atoms with Gasteiger partial charge in [0, 0.05) is 5.69 Å². The summed E-state index contributed by atoms with van der Waals surface area (Å²) in [6, 6.07) is 6.77. The zero-order valence-corrected chi connectivity index (χ0v) is 16.1. The zero-order chi connectivity index (χ0) is 21.6. The average molecular weight is 430 g/mol. The van der Waals surface area contributed by atoms with Crippen LogP contribution in [0, 0.1) is 0 Å². The fraction of sp³-hybridized carbons (Fsp3) is 0.278. The number of nitrogens with one attached hydrogen (secondary N) is 2. The summed E-state index contributed by atoms with van der Waals surface area (Å²) in [6.45, 7) is 2.74. The Balaban J connectivity index is 1.84. The first-order valence-corrected chi connectivity index (χ1v) is 9.14. The predicted molar refractivity (Wildman–Crippen MR) is 98.6 cm³/mol. The monoisotopic (exact) mass is 430 g/mol. The summed E-state index contributed by atoms with van der Waals surface area (Å²) in [6.07, 6.45) is -6.02. The molecule has 1 aromatic carbocycles. The fourth-order valence-corrected chi connectivity index (χ4v) is 2.67. The molecule has 2 rings (SSSR count). The number of carbonyl (C=O) groups excluding carboxylic acids is 3. The Kier molecular flexibility index (Phi) is 7.21. The average Bonchev–Trinajstić information content (AvgIpc) is 3.16. The molecule has 0 aliphatic rings. The lowest BCUT2D eigenvalue weighted by Crippen LogP contribution is -2.42. The van der Waals surface area contributed by atoms with Crippen LogP contribution < -0.4 is 15.4 Å². The van der Waals surface area contributed by atoms with Crippen LogP contribution in [0.25, 0.3) is 0 Å². The maximum Gasteiger partial charge on any atom is 0.573 e. The van der Waals surface area contributed by atoms with Crippen LogP contribution in [0.4, 0.5) is 18.9 Å². The largest absolute Gasteiger partial charge is 0.573 e. The van der Waals surface area contributed by atoms with Gasteiger partial charge in [-0.05, 0) is 49.6 Å². The van der Waals surface area contributed by atoms with Crippen LogP contribution in [0.3, 0.4) is 0 Å². The highest BCUT2D eigenvalue weighted by Gasteiger charge is 2.31. The first-order chi connectivity index (χ1) is 13.5. The highest BCUT2D eigenvalue weighted by atomic mass is 32.1. The number of anilines is 1. The van der Waals surface area contributed by atoms with Gasteiger partial charge in [0.1, 0.15) is 11.8 Å². The Bertz CT molecular complexity index is 853. The van der Waals surface area contributed by atoms with Crippen molar-refractivity contribution in [1.29, 1.82) is 0 Å². The number of amides is 2. The lowest BCUT2D eigenvalue weighted by Gasteiger charge is -2.17. The third kappa shape index (κ3) is 7.11. The van der Waals surface area contributed by atoms with Crippen LogP contribution >= 0.6 is 11.3 Å². The molecule has 2 aromatic rings. The van der Waals surface area contributed by atoms with Crippen LogP contribution in [0.5, 0.6) is 5.75 Å². The quantitative estimate of drug-likeness (QED) is 0.658. The second kappa shape index (κ2) is 9.41. The van der Waals surface area contributed by atoms with Gasteiger partial charge in [-0.2, -0.15) is 0 Å². The van der Waals surface area contributed by atoms with Crippen LogP contribution in [0.2, 0.25) is 0 Å². The summed E-state index contributed by atoms with van der Waals surface area (Å²) >= 11 is 1.21. The number of thiophene rings is 1. The van der Waals surface area contributed by atoms with Crippen molar-refractivity contribution >= 4 is 34.8 Å². The second-order valence-electron chi connectivity index (χ2n) is 5.81. The highest BCUT2D eigenvalue weighted by Crippen LogP contribution is 2.24. The lowest BCUT2D eigenvalue weighted by molar-refractivity contribution is -0.274. The number of halogens is 3. The van der Waals surface area contributed by atoms with Crippen LogP contribution in [0.1, 0.15) is 23.5 Å². The summed E-state index contributed by atoms with van der Waals surface area (Å²) in [5.41, 5.74) is 0.187. The van der Waals surface area contributed by atoms with Gasteiger partial charge < -0.3 is 20.1 Å². The van der Waals surface area contributed by atoms with Crippen molar-refractivity contribution in [2.24, 2.45) is 0 Å². The van der Waals surface area contributed by atoms with Gasteiger partial charge in [0.05, 0.1) is 4.88 Å². The third-order valence-corrected chi connectivity index (χ3v) is 4.33. The molecule has 0 saturated carbocycles. The van der Waals surface area contributed by atoms with E-state index in [-0.39, 0.29) is 5.69 Å². The molecule has 0 spiro atoms. The molecule has 2 N–H and O–H groups in total. The Morgan fingerprint density at radius 1 is 1.07 bits per heavy atom. The zero-order valence-electron chi connectivity index (χ0n) is 15.3. The number of esters is 1. The summed E-state index contributed by atoms with van der Waals surface area (Å²) in [5, 5.41) is 6.58. The third-order valence-electron chi connectivity index (χ3n) is 3.46. The van der Waals surface area contributed by atoms with Crippen molar-refractivity contribution in [3.8, 4) is 5.75 Å². The first-order valence-electron chi connectivity index (χ1n) is 8.26. The molecule has 7 nitrogen and oxygen atoms in total. The number of rotatable bonds is 7. The summed E-state index contributed by atoms with van der Waals surface area (Å²) in [4.78, 5) is 36.5. The van der Waals surface area contributed by atoms with Gasteiger partial charge in [-0.25, -0.2) is 4.79 Å². The van der Waals surface area contributed by atoms with Gasteiger partial charge >= 0.3 is 12.3 Å². The molecule has 2 amide bonds. The van der Waals surface area contributed by atoms with Crippen molar-refractivity contribution in [3.63, 3.8) is 0 Å². The Morgan fingerprint density at radius 3 is 2.28 bits per heavy atom. The molecule has 156 valence electrons. The van der Waals surface area contributed by atoms with Crippen molar-refractivity contribution in [1.82, 2.24) is 5.32 Å². The second-order valence-corrected chi connectivity index (χ2v) is 6.76. The van der Waals surface area contributed by atoms with E-state index in [2.05, 4.69) is 15.4 Å². The van der Waals surface area contributed by atoms with Crippen molar-refractivity contribution in [2.45, 2.75) is 32.4 Å². The minimum absolute atomic E-state index is 0.187. The first kappa shape index (κ1) is 22.2. The molecule has 29 heavy (non-hydrogen) atoms. The maximum atomic E-state index is 12.1. The standard InChI is InChI=1S/C18H17F3N2O5S/c1-10(22-16(25)14-4-3-9-29-14)17(26)27-11(2)15(24)23-12-5-7-13(8-6-12)28-18(19,20)21/h3-11H,1-2H3,(H,22,25)(H,23,24). The van der Waals surface area contributed by atoms with Crippen LogP contribution in [-0.4, -0.2) is 36.3 Å². The Hall–Kier alpha value is -3.08. The number of ether oxygens (including phenoxy) is 2. The topological polar surface area (TPSA) is 93.7 Å². The van der Waals surface area contributed by atoms with Crippen LogP contribution in [-0.2, 0) is 14.3 Å². The molecule has 0 radical (unpaired) electrons. The molecule has 1 heterocycles. The number of hydrogen-bond donors (Lipinski definition) is 2. The SMILES string of the molecule is CC(NC(=O)c1cccs1)C(=O)OC(C)C(=O)Nc1ccc(OC(F)(F)F)cc1. The van der Waals surface area contributed by atoms with Crippen LogP contribution in [0.15, 0.2) is 41.8 Å². The Morgan fingerprint density at radius 2 is 1.72 bits per heavy atom. The molecule has 0 aliphatic heterocycles. The number of benzene rings is 1. The molecule has 0 bridgehead atoms. The minimum Gasteiger partial charge on any atom is -0.451 e. The highest BCUT2D eigenvalue weighted by molar-refractivity contribution is 7.12. The van der Waals surface area contributed by atoms with Gasteiger partial charge in [-0.15, -0.1) is 24.5 Å². The van der Waals surface area contributed by atoms with Gasteiger partial charge in [0.25, 0.3) is 11.8 Å². The summed E-state index contributed by atoms with van der Waals surface area (Å²) < 4.78 is 45.2. The molecule has 1 aromatic heterocycles. The van der Waals surface area contributed by atoms with Gasteiger partial charge in [-0.1, -0.05) is 6.07 Å². The van der Waals surface area contributed by atoms with Gasteiger partial charge in [0.15, 0.2) is 6.10 Å². The lowest BCUT2D eigenvalue weighted by atomic mass is 10.2. The number of carbonyl (C=O) groups is 3. The van der Waals surface area contributed by atoms with E-state index in [1.807, 2.05) is 0 Å². The van der Waals surface area contributed by atoms with E-state index in [4.69, 9.17) is 4.74 Å². The van der Waals surface area contributed by atoms with E-state index in [1.165, 1.54) is 37.3 Å². The summed E-state index contributed by atoms with van der Waals surface area (Å²) in [5.74, 6) is -2.39. The number of hydrogen-bond acceptors (Lipinski definition) is 6. The van der Waals surface area contributed by atoms with E-state index in [0.29, 0.717) is 4.88 Å².